The molecule has 0 aliphatic rings. The van der Waals surface area contributed by atoms with Crippen LogP contribution in [0.15, 0.2) is 42.6 Å². The molecule has 1 amide bonds. The average molecular weight is 323 g/mol. The van der Waals surface area contributed by atoms with Gasteiger partial charge in [0.15, 0.2) is 0 Å². The fraction of sp³-hybridized carbons (Fsp3) is 0.263. The lowest BCUT2D eigenvalue weighted by Crippen LogP contribution is -2.27. The van der Waals surface area contributed by atoms with Crippen LogP contribution in [-0.2, 0) is 12.8 Å². The van der Waals surface area contributed by atoms with Gasteiger partial charge in [0.05, 0.1) is 5.69 Å². The normalized spacial score (nSPS) is 10.9. The van der Waals surface area contributed by atoms with E-state index in [-0.39, 0.29) is 11.7 Å². The van der Waals surface area contributed by atoms with Crippen molar-refractivity contribution in [3.8, 4) is 5.75 Å². The summed E-state index contributed by atoms with van der Waals surface area (Å²) in [6.45, 7) is 4.55. The van der Waals surface area contributed by atoms with Crippen LogP contribution in [0.25, 0.3) is 5.65 Å². The van der Waals surface area contributed by atoms with E-state index in [1.54, 1.807) is 12.1 Å². The molecular weight excluding hydrogens is 302 g/mol. The molecule has 0 atom stereocenters. The number of imidazole rings is 1. The van der Waals surface area contributed by atoms with Gasteiger partial charge < -0.3 is 10.4 Å². The van der Waals surface area contributed by atoms with Crippen molar-refractivity contribution in [3.63, 3.8) is 0 Å². The number of amides is 1. The Morgan fingerprint density at radius 1 is 1.25 bits per heavy atom. The number of hydrogen-bond acceptors (Lipinski definition) is 3. The first-order chi connectivity index (χ1) is 11.6. The number of carbonyl (C=O) groups is 1. The van der Waals surface area contributed by atoms with Gasteiger partial charge in [0.1, 0.15) is 17.1 Å². The van der Waals surface area contributed by atoms with Crippen molar-refractivity contribution in [1.29, 1.82) is 0 Å². The summed E-state index contributed by atoms with van der Waals surface area (Å²) in [7, 11) is 0. The molecule has 0 fully saturated rings. The number of pyridine rings is 1. The number of nitrogens with one attached hydrogen (secondary N) is 1. The molecule has 0 unspecified atom stereocenters. The molecule has 2 heterocycles. The summed E-state index contributed by atoms with van der Waals surface area (Å²) in [5.74, 6) is 0.137. The van der Waals surface area contributed by atoms with E-state index in [1.807, 2.05) is 48.7 Å². The number of aryl methyl sites for hydroxylation is 2. The van der Waals surface area contributed by atoms with Crippen LogP contribution in [-0.4, -0.2) is 26.9 Å². The molecule has 5 nitrogen and oxygen atoms in total. The summed E-state index contributed by atoms with van der Waals surface area (Å²) in [5, 5.41) is 12.3. The Kier molecular flexibility index (Phi) is 4.51. The van der Waals surface area contributed by atoms with Gasteiger partial charge in [-0.15, -0.1) is 0 Å². The fourth-order valence-electron chi connectivity index (χ4n) is 2.75. The van der Waals surface area contributed by atoms with E-state index in [0.717, 1.165) is 22.5 Å². The Morgan fingerprint density at radius 3 is 2.71 bits per heavy atom. The number of fused-ring (bicyclic) bond motifs is 1. The first kappa shape index (κ1) is 16.1. The zero-order valence-corrected chi connectivity index (χ0v) is 13.9. The molecule has 0 aliphatic heterocycles. The third kappa shape index (κ3) is 3.25. The maximum absolute atomic E-state index is 12.6. The smallest absolute Gasteiger partial charge is 0.270 e. The Balaban J connectivity index is 1.74. The van der Waals surface area contributed by atoms with Crippen LogP contribution >= 0.6 is 0 Å². The number of nitrogens with zero attached hydrogens (tertiary/aromatic N) is 2. The first-order valence-electron chi connectivity index (χ1n) is 8.12. The molecule has 0 saturated heterocycles. The average Bonchev–Trinajstić information content (AvgIpc) is 2.94. The van der Waals surface area contributed by atoms with Gasteiger partial charge >= 0.3 is 0 Å². The van der Waals surface area contributed by atoms with Crippen LogP contribution in [0.4, 0.5) is 0 Å². The number of benzene rings is 1. The van der Waals surface area contributed by atoms with Gasteiger partial charge in [0.2, 0.25) is 0 Å². The van der Waals surface area contributed by atoms with Crippen molar-refractivity contribution in [2.24, 2.45) is 0 Å². The van der Waals surface area contributed by atoms with E-state index in [0.29, 0.717) is 25.1 Å². The second-order valence-electron chi connectivity index (χ2n) is 5.87. The van der Waals surface area contributed by atoms with Gasteiger partial charge in [-0.25, -0.2) is 4.98 Å². The highest BCUT2D eigenvalue weighted by Crippen LogP contribution is 2.15. The van der Waals surface area contributed by atoms with Crippen LogP contribution in [0.3, 0.4) is 0 Å². The molecular formula is C19H21N3O2. The SMILES string of the molecule is CCc1nc2cc(C)ccn2c1C(=O)NCCc1ccc(O)cc1. The summed E-state index contributed by atoms with van der Waals surface area (Å²) in [4.78, 5) is 17.2. The van der Waals surface area contributed by atoms with Gasteiger partial charge in [-0.1, -0.05) is 19.1 Å². The number of carbonyl (C=O) groups excluding carboxylic acids is 1. The van der Waals surface area contributed by atoms with Crippen LogP contribution in [0.5, 0.6) is 5.75 Å². The maximum atomic E-state index is 12.6. The number of phenolic OH excluding ortho intramolecular Hbond substituents is 1. The molecule has 0 bridgehead atoms. The number of aromatic hydroxyl groups is 1. The third-order valence-corrected chi connectivity index (χ3v) is 4.04. The van der Waals surface area contributed by atoms with Crippen molar-refractivity contribution in [2.45, 2.75) is 26.7 Å². The molecule has 3 rings (SSSR count). The topological polar surface area (TPSA) is 66.6 Å². The van der Waals surface area contributed by atoms with Gasteiger partial charge in [-0.3, -0.25) is 9.20 Å². The minimum absolute atomic E-state index is 0.109. The lowest BCUT2D eigenvalue weighted by molar-refractivity contribution is 0.0947. The van der Waals surface area contributed by atoms with Crippen LogP contribution in [0.2, 0.25) is 0 Å². The monoisotopic (exact) mass is 323 g/mol. The quantitative estimate of drug-likeness (QED) is 0.759. The zero-order chi connectivity index (χ0) is 17.1. The largest absolute Gasteiger partial charge is 0.508 e. The van der Waals surface area contributed by atoms with Gasteiger partial charge in [0, 0.05) is 12.7 Å². The summed E-state index contributed by atoms with van der Waals surface area (Å²) in [6, 6.07) is 11.0. The number of phenols is 1. The second-order valence-corrected chi connectivity index (χ2v) is 5.87. The molecule has 2 aromatic heterocycles. The van der Waals surface area contributed by atoms with Gasteiger partial charge in [-0.05, 0) is 55.2 Å². The minimum atomic E-state index is -0.109. The van der Waals surface area contributed by atoms with E-state index < -0.39 is 0 Å². The van der Waals surface area contributed by atoms with Gasteiger partial charge in [-0.2, -0.15) is 0 Å². The summed E-state index contributed by atoms with van der Waals surface area (Å²) in [5.41, 5.74) is 4.41. The molecule has 0 spiro atoms. The van der Waals surface area contributed by atoms with Crippen molar-refractivity contribution >= 4 is 11.6 Å². The molecule has 2 N–H and O–H groups in total. The molecule has 0 saturated carbocycles. The van der Waals surface area contributed by atoms with E-state index in [1.165, 1.54) is 0 Å². The lowest BCUT2D eigenvalue weighted by atomic mass is 10.1. The molecule has 24 heavy (non-hydrogen) atoms. The summed E-state index contributed by atoms with van der Waals surface area (Å²) in [6.07, 6.45) is 3.32. The standard InChI is InChI=1S/C19H21N3O2/c1-3-16-18(22-11-9-13(2)12-17(22)21-16)19(24)20-10-8-14-4-6-15(23)7-5-14/h4-7,9,11-12,23H,3,8,10H2,1-2H3,(H,20,24). The predicted octanol–water partition coefficient (Wildman–Crippen LogP) is 2.88. The first-order valence-corrected chi connectivity index (χ1v) is 8.12. The van der Waals surface area contributed by atoms with E-state index >= 15 is 0 Å². The van der Waals surface area contributed by atoms with E-state index in [9.17, 15) is 9.90 Å². The highest BCUT2D eigenvalue weighted by Gasteiger charge is 2.17. The van der Waals surface area contributed by atoms with Crippen LogP contribution < -0.4 is 5.32 Å². The fourth-order valence-corrected chi connectivity index (χ4v) is 2.75. The van der Waals surface area contributed by atoms with E-state index in [2.05, 4.69) is 10.3 Å². The molecule has 0 aliphatic carbocycles. The molecule has 124 valence electrons. The molecule has 3 aromatic rings. The number of aromatic nitrogens is 2. The minimum Gasteiger partial charge on any atom is -0.508 e. The Labute approximate surface area is 141 Å². The Hall–Kier alpha value is -2.82. The second kappa shape index (κ2) is 6.74. The Morgan fingerprint density at radius 2 is 2.00 bits per heavy atom. The van der Waals surface area contributed by atoms with Crippen molar-refractivity contribution in [1.82, 2.24) is 14.7 Å². The maximum Gasteiger partial charge on any atom is 0.270 e. The highest BCUT2D eigenvalue weighted by atomic mass is 16.3. The highest BCUT2D eigenvalue weighted by molar-refractivity contribution is 5.94. The van der Waals surface area contributed by atoms with Gasteiger partial charge in [0.25, 0.3) is 5.91 Å². The summed E-state index contributed by atoms with van der Waals surface area (Å²) < 4.78 is 1.85. The van der Waals surface area contributed by atoms with Crippen molar-refractivity contribution in [3.05, 3.63) is 65.1 Å². The predicted molar refractivity (Wildman–Crippen MR) is 93.5 cm³/mol. The van der Waals surface area contributed by atoms with Crippen molar-refractivity contribution in [2.75, 3.05) is 6.54 Å². The number of rotatable bonds is 5. The third-order valence-electron chi connectivity index (χ3n) is 4.04. The Bertz CT molecular complexity index is 866. The van der Waals surface area contributed by atoms with Crippen LogP contribution in [0.1, 0.15) is 34.2 Å². The zero-order valence-electron chi connectivity index (χ0n) is 13.9. The number of hydrogen-bond donors (Lipinski definition) is 2. The lowest BCUT2D eigenvalue weighted by Gasteiger charge is -2.07. The van der Waals surface area contributed by atoms with E-state index in [4.69, 9.17) is 0 Å². The van der Waals surface area contributed by atoms with Crippen molar-refractivity contribution < 1.29 is 9.90 Å². The molecule has 0 radical (unpaired) electrons. The summed E-state index contributed by atoms with van der Waals surface area (Å²) >= 11 is 0. The van der Waals surface area contributed by atoms with Crippen LogP contribution in [0, 0.1) is 6.92 Å². The molecule has 5 heteroatoms. The molecule has 1 aromatic carbocycles.